The van der Waals surface area contributed by atoms with Crippen LogP contribution in [0.1, 0.15) is 6.92 Å². The Labute approximate surface area is 97.4 Å². The van der Waals surface area contributed by atoms with Crippen molar-refractivity contribution in [2.75, 3.05) is 44.4 Å². The summed E-state index contributed by atoms with van der Waals surface area (Å²) in [6.45, 7) is 4.80. The third-order valence-electron chi connectivity index (χ3n) is 2.27. The van der Waals surface area contributed by atoms with Crippen molar-refractivity contribution in [3.8, 4) is 5.75 Å². The molecule has 0 bridgehead atoms. The van der Waals surface area contributed by atoms with Crippen molar-refractivity contribution in [3.05, 3.63) is 18.2 Å². The molecule has 0 aromatic heterocycles. The molecule has 0 unspecified atom stereocenters. The highest BCUT2D eigenvalue weighted by molar-refractivity contribution is 5.63. The minimum absolute atomic E-state index is 0.872. The summed E-state index contributed by atoms with van der Waals surface area (Å²) in [6.07, 6.45) is 0. The summed E-state index contributed by atoms with van der Waals surface area (Å²) in [4.78, 5) is 0. The number of anilines is 2. The molecule has 90 valence electrons. The Balaban J connectivity index is 2.66. The lowest BCUT2D eigenvalue weighted by Gasteiger charge is -2.12. The summed E-state index contributed by atoms with van der Waals surface area (Å²) < 4.78 is 5.33. The Kier molecular flexibility index (Phi) is 5.50. The molecule has 0 aliphatic heterocycles. The zero-order chi connectivity index (χ0) is 11.8. The van der Waals surface area contributed by atoms with Gasteiger partial charge in [-0.05, 0) is 26.1 Å². The van der Waals surface area contributed by atoms with Gasteiger partial charge in [0.05, 0.1) is 12.8 Å². The highest BCUT2D eigenvalue weighted by atomic mass is 16.5. The summed E-state index contributed by atoms with van der Waals surface area (Å²) in [5.41, 5.74) is 2.11. The fourth-order valence-electron chi connectivity index (χ4n) is 1.47. The molecule has 0 spiro atoms. The van der Waals surface area contributed by atoms with Crippen molar-refractivity contribution in [2.24, 2.45) is 0 Å². The molecule has 0 amide bonds. The van der Waals surface area contributed by atoms with Crippen LogP contribution in [0.5, 0.6) is 5.75 Å². The number of benzene rings is 1. The van der Waals surface area contributed by atoms with Gasteiger partial charge in [0.25, 0.3) is 0 Å². The van der Waals surface area contributed by atoms with Crippen LogP contribution in [0.3, 0.4) is 0 Å². The van der Waals surface area contributed by atoms with Gasteiger partial charge < -0.3 is 20.7 Å². The van der Waals surface area contributed by atoms with Gasteiger partial charge in [-0.2, -0.15) is 0 Å². The minimum Gasteiger partial charge on any atom is -0.495 e. The second-order valence-electron chi connectivity index (χ2n) is 3.48. The molecule has 0 fully saturated rings. The van der Waals surface area contributed by atoms with Gasteiger partial charge in [-0.1, -0.05) is 0 Å². The number of likely N-dealkylation sites (N-methyl/N-ethyl adjacent to an activating group) is 1. The average molecular weight is 223 g/mol. The number of rotatable bonds is 7. The molecule has 0 saturated carbocycles. The zero-order valence-corrected chi connectivity index (χ0v) is 10.3. The molecule has 3 N–H and O–H groups in total. The molecule has 4 heteroatoms. The third-order valence-corrected chi connectivity index (χ3v) is 2.27. The van der Waals surface area contributed by atoms with E-state index in [2.05, 4.69) is 28.9 Å². The molecule has 16 heavy (non-hydrogen) atoms. The lowest BCUT2D eigenvalue weighted by atomic mass is 10.2. The smallest absolute Gasteiger partial charge is 0.144 e. The first-order valence-corrected chi connectivity index (χ1v) is 5.62. The van der Waals surface area contributed by atoms with E-state index >= 15 is 0 Å². The topological polar surface area (TPSA) is 45.3 Å². The van der Waals surface area contributed by atoms with Gasteiger partial charge in [0, 0.05) is 31.4 Å². The number of nitrogens with one attached hydrogen (secondary N) is 3. The van der Waals surface area contributed by atoms with Gasteiger partial charge in [-0.3, -0.25) is 0 Å². The molecule has 0 aliphatic rings. The first-order valence-electron chi connectivity index (χ1n) is 5.62. The average Bonchev–Trinajstić information content (AvgIpc) is 2.31. The molecule has 0 heterocycles. The summed E-state index contributed by atoms with van der Waals surface area (Å²) in [6, 6.07) is 6.09. The molecule has 0 atom stereocenters. The van der Waals surface area contributed by atoms with Crippen LogP contribution in [-0.4, -0.2) is 33.8 Å². The van der Waals surface area contributed by atoms with Crippen molar-refractivity contribution in [1.29, 1.82) is 0 Å². The van der Waals surface area contributed by atoms with E-state index in [1.54, 1.807) is 7.11 Å². The second-order valence-corrected chi connectivity index (χ2v) is 3.48. The van der Waals surface area contributed by atoms with E-state index in [1.807, 2.05) is 19.2 Å². The monoisotopic (exact) mass is 223 g/mol. The summed E-state index contributed by atoms with van der Waals surface area (Å²) in [5.74, 6) is 0.872. The lowest BCUT2D eigenvalue weighted by Crippen LogP contribution is -2.17. The van der Waals surface area contributed by atoms with Gasteiger partial charge in [0.2, 0.25) is 0 Å². The van der Waals surface area contributed by atoms with Gasteiger partial charge >= 0.3 is 0 Å². The van der Waals surface area contributed by atoms with Crippen molar-refractivity contribution >= 4 is 11.4 Å². The number of ether oxygens (including phenoxy) is 1. The van der Waals surface area contributed by atoms with E-state index in [4.69, 9.17) is 4.74 Å². The van der Waals surface area contributed by atoms with Gasteiger partial charge in [0.1, 0.15) is 5.75 Å². The summed E-state index contributed by atoms with van der Waals surface area (Å²) in [5, 5.41) is 9.67. The van der Waals surface area contributed by atoms with E-state index < -0.39 is 0 Å². The number of hydrogen-bond acceptors (Lipinski definition) is 4. The maximum Gasteiger partial charge on any atom is 0.144 e. The maximum atomic E-state index is 5.33. The Morgan fingerprint density at radius 1 is 1.19 bits per heavy atom. The molecule has 0 radical (unpaired) electrons. The normalized spacial score (nSPS) is 9.94. The maximum absolute atomic E-state index is 5.33. The lowest BCUT2D eigenvalue weighted by molar-refractivity contribution is 0.416. The quantitative estimate of drug-likeness (QED) is 0.616. The Bertz CT molecular complexity index is 315. The van der Waals surface area contributed by atoms with Crippen molar-refractivity contribution in [3.63, 3.8) is 0 Å². The van der Waals surface area contributed by atoms with Crippen LogP contribution in [0.2, 0.25) is 0 Å². The van der Waals surface area contributed by atoms with Crippen LogP contribution in [0.4, 0.5) is 11.4 Å². The fraction of sp³-hybridized carbons (Fsp3) is 0.500. The fourth-order valence-corrected chi connectivity index (χ4v) is 1.47. The Morgan fingerprint density at radius 2 is 2.00 bits per heavy atom. The van der Waals surface area contributed by atoms with Crippen LogP contribution in [-0.2, 0) is 0 Å². The van der Waals surface area contributed by atoms with E-state index in [-0.39, 0.29) is 0 Å². The molecule has 1 aromatic carbocycles. The van der Waals surface area contributed by atoms with Crippen LogP contribution < -0.4 is 20.7 Å². The van der Waals surface area contributed by atoms with E-state index in [0.717, 1.165) is 36.8 Å². The van der Waals surface area contributed by atoms with E-state index in [1.165, 1.54) is 0 Å². The predicted octanol–water partition coefficient (Wildman–Crippen LogP) is 1.76. The minimum atomic E-state index is 0.872. The predicted molar refractivity (Wildman–Crippen MR) is 69.6 cm³/mol. The largest absolute Gasteiger partial charge is 0.495 e. The molecule has 1 rings (SSSR count). The van der Waals surface area contributed by atoms with Crippen LogP contribution in [0, 0.1) is 0 Å². The summed E-state index contributed by atoms with van der Waals surface area (Å²) in [7, 11) is 3.63. The first kappa shape index (κ1) is 12.6. The highest BCUT2D eigenvalue weighted by Gasteiger charge is 2.02. The molecular formula is C12H21N3O. The molecule has 4 nitrogen and oxygen atoms in total. The number of hydrogen-bond donors (Lipinski definition) is 3. The van der Waals surface area contributed by atoms with E-state index in [0.29, 0.717) is 0 Å². The molecule has 1 aromatic rings. The third kappa shape index (κ3) is 3.62. The van der Waals surface area contributed by atoms with Crippen molar-refractivity contribution < 1.29 is 4.74 Å². The summed E-state index contributed by atoms with van der Waals surface area (Å²) >= 11 is 0. The van der Waals surface area contributed by atoms with Crippen LogP contribution >= 0.6 is 0 Å². The van der Waals surface area contributed by atoms with Gasteiger partial charge in [-0.15, -0.1) is 0 Å². The van der Waals surface area contributed by atoms with Crippen LogP contribution in [0.15, 0.2) is 18.2 Å². The highest BCUT2D eigenvalue weighted by Crippen LogP contribution is 2.27. The molecule has 0 aliphatic carbocycles. The number of methoxy groups -OCH3 is 1. The standard InChI is InChI=1S/C12H21N3O/c1-4-14-11-6-5-10(9-12(11)16-3)15-8-7-13-2/h5-6,9,13-15H,4,7-8H2,1-3H3. The Hall–Kier alpha value is -1.42. The SMILES string of the molecule is CCNc1ccc(NCCNC)cc1OC. The first-order chi connectivity index (χ1) is 7.81. The van der Waals surface area contributed by atoms with Crippen molar-refractivity contribution in [1.82, 2.24) is 5.32 Å². The zero-order valence-electron chi connectivity index (χ0n) is 10.3. The molecule has 0 saturated heterocycles. The van der Waals surface area contributed by atoms with Crippen LogP contribution in [0.25, 0.3) is 0 Å². The van der Waals surface area contributed by atoms with Gasteiger partial charge in [-0.25, -0.2) is 0 Å². The molecular weight excluding hydrogens is 202 g/mol. The van der Waals surface area contributed by atoms with Crippen molar-refractivity contribution in [2.45, 2.75) is 6.92 Å². The Morgan fingerprint density at radius 3 is 2.62 bits per heavy atom. The second kappa shape index (κ2) is 6.95. The van der Waals surface area contributed by atoms with Gasteiger partial charge in [0.15, 0.2) is 0 Å². The van der Waals surface area contributed by atoms with E-state index in [9.17, 15) is 0 Å².